The molecule has 0 radical (unpaired) electrons. The Hall–Kier alpha value is -4.79. The van der Waals surface area contributed by atoms with Crippen molar-refractivity contribution in [1.29, 1.82) is 0 Å². The molecule has 42 heavy (non-hydrogen) atoms. The maximum absolute atomic E-state index is 13.5. The molecule has 0 saturated heterocycles. The topological polar surface area (TPSA) is 124 Å². The summed E-state index contributed by atoms with van der Waals surface area (Å²) >= 11 is 0. The van der Waals surface area contributed by atoms with E-state index in [1.165, 1.54) is 5.39 Å². The second-order valence-electron chi connectivity index (χ2n) is 10.5. The highest BCUT2D eigenvalue weighted by Gasteiger charge is 2.20. The molecule has 9 nitrogen and oxygen atoms in total. The summed E-state index contributed by atoms with van der Waals surface area (Å²) in [5, 5.41) is 12.1. The van der Waals surface area contributed by atoms with Crippen LogP contribution in [0.5, 0.6) is 5.75 Å². The van der Waals surface area contributed by atoms with Crippen LogP contribution in [0.3, 0.4) is 0 Å². The minimum Gasteiger partial charge on any atom is -0.497 e. The smallest absolute Gasteiger partial charge is 0.314 e. The summed E-state index contributed by atoms with van der Waals surface area (Å²) in [7, 11) is 1.64. The van der Waals surface area contributed by atoms with E-state index in [0.717, 1.165) is 57.4 Å². The van der Waals surface area contributed by atoms with E-state index >= 15 is 0 Å². The van der Waals surface area contributed by atoms with Gasteiger partial charge in [0.2, 0.25) is 5.91 Å². The van der Waals surface area contributed by atoms with Crippen LogP contribution in [0, 0.1) is 6.92 Å². The zero-order valence-corrected chi connectivity index (χ0v) is 24.3. The van der Waals surface area contributed by atoms with Crippen LogP contribution in [0.2, 0.25) is 0 Å². The van der Waals surface area contributed by atoms with E-state index < -0.39 is 0 Å². The summed E-state index contributed by atoms with van der Waals surface area (Å²) in [6, 6.07) is 19.9. The average molecular weight is 567 g/mol. The Balaban J connectivity index is 1.32. The van der Waals surface area contributed by atoms with Gasteiger partial charge in [-0.1, -0.05) is 36.4 Å². The van der Waals surface area contributed by atoms with Gasteiger partial charge in [0.25, 0.3) is 0 Å². The minimum absolute atomic E-state index is 0.0871. The van der Waals surface area contributed by atoms with Crippen molar-refractivity contribution >= 4 is 33.6 Å². The molecular weight excluding hydrogens is 528 g/mol. The Morgan fingerprint density at radius 1 is 0.976 bits per heavy atom. The van der Waals surface area contributed by atoms with Crippen LogP contribution in [0.15, 0.2) is 66.9 Å². The van der Waals surface area contributed by atoms with E-state index in [2.05, 4.69) is 56.3 Å². The van der Waals surface area contributed by atoms with Crippen molar-refractivity contribution in [2.45, 2.75) is 45.6 Å². The number of benzene rings is 3. The lowest BCUT2D eigenvalue weighted by Gasteiger charge is -2.17. The number of rotatable bonds is 12. The number of aryl methyl sites for hydroxylation is 1. The molecule has 218 valence electrons. The minimum atomic E-state index is -0.309. The van der Waals surface area contributed by atoms with E-state index in [4.69, 9.17) is 9.72 Å². The van der Waals surface area contributed by atoms with Crippen molar-refractivity contribution < 1.29 is 14.3 Å². The summed E-state index contributed by atoms with van der Waals surface area (Å²) in [6.07, 6.45) is 4.31. The standard InChI is InChI=1S/C33H38N6O3/c1-4-34-33(41)35-16-8-7-11-29(32-36-20-30(39-32)24-13-12-22-9-5-6-10-23(22)17-24)38-31(40)19-26-21(2)37-28-15-14-25(42-3)18-27(26)28/h5-6,9-10,12-15,17-18,20,29,37H,4,7-8,11,16,19H2,1-3H3,(H,36,39)(H,38,40)(H2,34,35,41)/t29-/m0/s1. The first kappa shape index (κ1) is 28.7. The lowest BCUT2D eigenvalue weighted by Crippen LogP contribution is -2.35. The molecule has 1 atom stereocenters. The molecule has 0 aliphatic rings. The molecule has 5 aromatic rings. The molecule has 0 saturated carbocycles. The van der Waals surface area contributed by atoms with Gasteiger partial charge in [-0.05, 0) is 73.7 Å². The maximum atomic E-state index is 13.5. The number of fused-ring (bicyclic) bond motifs is 2. The molecular formula is C33H38N6O3. The first-order valence-electron chi connectivity index (χ1n) is 14.5. The molecule has 3 amide bonds. The van der Waals surface area contributed by atoms with Crippen LogP contribution in [-0.2, 0) is 11.2 Å². The quantitative estimate of drug-likeness (QED) is 0.120. The zero-order chi connectivity index (χ0) is 29.5. The lowest BCUT2D eigenvalue weighted by molar-refractivity contribution is -0.121. The van der Waals surface area contributed by atoms with Gasteiger partial charge in [0.15, 0.2) is 0 Å². The number of carbonyl (C=O) groups excluding carboxylic acids is 2. The van der Waals surface area contributed by atoms with E-state index in [9.17, 15) is 9.59 Å². The van der Waals surface area contributed by atoms with Crippen molar-refractivity contribution in [2.75, 3.05) is 20.2 Å². The molecule has 2 aromatic heterocycles. The summed E-state index contributed by atoms with van der Waals surface area (Å²) in [5.41, 5.74) is 4.80. The predicted octanol–water partition coefficient (Wildman–Crippen LogP) is 5.92. The van der Waals surface area contributed by atoms with Gasteiger partial charge in [0.05, 0.1) is 31.5 Å². The highest BCUT2D eigenvalue weighted by atomic mass is 16.5. The number of nitrogens with one attached hydrogen (secondary N) is 5. The lowest BCUT2D eigenvalue weighted by atomic mass is 10.0. The maximum Gasteiger partial charge on any atom is 0.314 e. The van der Waals surface area contributed by atoms with E-state index in [1.807, 2.05) is 50.4 Å². The number of carbonyl (C=O) groups is 2. The largest absolute Gasteiger partial charge is 0.497 e. The number of hydrogen-bond donors (Lipinski definition) is 5. The summed E-state index contributed by atoms with van der Waals surface area (Å²) in [5.74, 6) is 1.37. The van der Waals surface area contributed by atoms with Gasteiger partial charge in [0, 0.05) is 35.2 Å². The van der Waals surface area contributed by atoms with Gasteiger partial charge in [-0.15, -0.1) is 0 Å². The fourth-order valence-corrected chi connectivity index (χ4v) is 5.32. The van der Waals surface area contributed by atoms with Gasteiger partial charge in [-0.3, -0.25) is 4.79 Å². The van der Waals surface area contributed by atoms with E-state index in [1.54, 1.807) is 7.11 Å². The first-order chi connectivity index (χ1) is 20.4. The number of amides is 3. The Labute approximate surface area is 245 Å². The molecule has 0 spiro atoms. The highest BCUT2D eigenvalue weighted by Crippen LogP contribution is 2.28. The van der Waals surface area contributed by atoms with Crippen LogP contribution in [-0.4, -0.2) is 47.1 Å². The fourth-order valence-electron chi connectivity index (χ4n) is 5.32. The van der Waals surface area contributed by atoms with Crippen LogP contribution in [0.25, 0.3) is 32.9 Å². The normalized spacial score (nSPS) is 11.9. The van der Waals surface area contributed by atoms with Gasteiger partial charge in [-0.2, -0.15) is 0 Å². The molecule has 0 aliphatic heterocycles. The fraction of sp³-hybridized carbons (Fsp3) is 0.303. The van der Waals surface area contributed by atoms with Crippen molar-refractivity contribution in [2.24, 2.45) is 0 Å². The predicted molar refractivity (Wildman–Crippen MR) is 167 cm³/mol. The third-order valence-electron chi connectivity index (χ3n) is 7.53. The van der Waals surface area contributed by atoms with E-state index in [0.29, 0.717) is 25.3 Å². The SMILES string of the molecule is CCNC(=O)NCCCC[C@H](NC(=O)Cc1c(C)[nH]c2ccc(OC)cc12)c1ncc(-c2ccc3ccccc3c2)[nH]1. The van der Waals surface area contributed by atoms with Crippen molar-refractivity contribution in [3.05, 3.63) is 83.9 Å². The second kappa shape index (κ2) is 13.2. The first-order valence-corrected chi connectivity index (χ1v) is 14.5. The Morgan fingerprint density at radius 2 is 1.81 bits per heavy atom. The van der Waals surface area contributed by atoms with Gasteiger partial charge < -0.3 is 30.7 Å². The number of methoxy groups -OCH3 is 1. The number of aromatic amines is 2. The number of aromatic nitrogens is 3. The van der Waals surface area contributed by atoms with Gasteiger partial charge >= 0.3 is 6.03 Å². The Bertz CT molecular complexity index is 1690. The van der Waals surface area contributed by atoms with Crippen molar-refractivity contribution in [1.82, 2.24) is 30.9 Å². The van der Waals surface area contributed by atoms with E-state index in [-0.39, 0.29) is 24.4 Å². The Kier molecular flexibility index (Phi) is 9.06. The summed E-state index contributed by atoms with van der Waals surface area (Å²) in [4.78, 5) is 36.7. The van der Waals surface area contributed by atoms with Gasteiger partial charge in [-0.25, -0.2) is 9.78 Å². The number of nitrogens with zero attached hydrogens (tertiary/aromatic N) is 1. The zero-order valence-electron chi connectivity index (χ0n) is 24.3. The molecule has 9 heteroatoms. The number of H-pyrrole nitrogens is 2. The average Bonchev–Trinajstić information content (AvgIpc) is 3.61. The Morgan fingerprint density at radius 3 is 2.62 bits per heavy atom. The third-order valence-corrected chi connectivity index (χ3v) is 7.53. The van der Waals surface area contributed by atoms with Crippen LogP contribution in [0.1, 0.15) is 49.3 Å². The molecule has 3 aromatic carbocycles. The monoisotopic (exact) mass is 566 g/mol. The number of hydrogen-bond acceptors (Lipinski definition) is 4. The number of imidazole rings is 1. The highest BCUT2D eigenvalue weighted by molar-refractivity contribution is 5.91. The molecule has 0 unspecified atom stereocenters. The number of urea groups is 1. The molecule has 0 fully saturated rings. The molecule has 5 N–H and O–H groups in total. The molecule has 0 bridgehead atoms. The third kappa shape index (κ3) is 6.74. The van der Waals surface area contributed by atoms with Crippen LogP contribution in [0.4, 0.5) is 4.79 Å². The summed E-state index contributed by atoms with van der Waals surface area (Å²) < 4.78 is 5.41. The number of unbranched alkanes of at least 4 members (excludes halogenated alkanes) is 1. The molecule has 2 heterocycles. The molecule has 0 aliphatic carbocycles. The van der Waals surface area contributed by atoms with Gasteiger partial charge in [0.1, 0.15) is 11.6 Å². The van der Waals surface area contributed by atoms with Crippen molar-refractivity contribution in [3.63, 3.8) is 0 Å². The van der Waals surface area contributed by atoms with Crippen LogP contribution < -0.4 is 20.7 Å². The summed E-state index contributed by atoms with van der Waals surface area (Å²) in [6.45, 7) is 5.01. The molecule has 5 rings (SSSR count). The van der Waals surface area contributed by atoms with Crippen molar-refractivity contribution in [3.8, 4) is 17.0 Å². The van der Waals surface area contributed by atoms with Crippen LogP contribution >= 0.6 is 0 Å². The second-order valence-corrected chi connectivity index (χ2v) is 10.5. The number of ether oxygens (including phenoxy) is 1.